The van der Waals surface area contributed by atoms with Crippen LogP contribution in [0.2, 0.25) is 0 Å². The number of ketones is 1. The van der Waals surface area contributed by atoms with Gasteiger partial charge in [-0.05, 0) is 19.9 Å². The Morgan fingerprint density at radius 3 is 2.68 bits per heavy atom. The van der Waals surface area contributed by atoms with E-state index in [-0.39, 0.29) is 18.2 Å². The quantitative estimate of drug-likeness (QED) is 0.678. The summed E-state index contributed by atoms with van der Waals surface area (Å²) in [5, 5.41) is 0.865. The topological polar surface area (TPSA) is 59.2 Å². The number of hydrogen-bond donors (Lipinski definition) is 1. The number of H-pyrrole nitrogens is 1. The number of nitrogens with one attached hydrogen (secondary N) is 1. The number of aromatic nitrogens is 1. The van der Waals surface area contributed by atoms with E-state index in [2.05, 4.69) is 4.98 Å². The smallest absolute Gasteiger partial charge is 0.306 e. The number of esters is 1. The van der Waals surface area contributed by atoms with E-state index >= 15 is 0 Å². The molecule has 0 aliphatic rings. The summed E-state index contributed by atoms with van der Waals surface area (Å²) in [6, 6.07) is 7.60. The lowest BCUT2D eigenvalue weighted by atomic mass is 10.0. The number of aromatic amines is 1. The number of fused-ring (bicyclic) bond motifs is 1. The predicted molar refractivity (Wildman–Crippen MR) is 73.2 cm³/mol. The summed E-state index contributed by atoms with van der Waals surface area (Å²) in [6.45, 7) is 5.16. The van der Waals surface area contributed by atoms with Crippen molar-refractivity contribution in [2.75, 3.05) is 0 Å². The van der Waals surface area contributed by atoms with Crippen LogP contribution in [-0.2, 0) is 9.53 Å². The van der Waals surface area contributed by atoms with Crippen LogP contribution in [0.25, 0.3) is 10.9 Å². The van der Waals surface area contributed by atoms with Crippen LogP contribution in [0.3, 0.4) is 0 Å². The van der Waals surface area contributed by atoms with Crippen molar-refractivity contribution in [3.05, 3.63) is 35.5 Å². The second-order valence-corrected chi connectivity index (χ2v) is 4.52. The van der Waals surface area contributed by atoms with E-state index < -0.39 is 6.10 Å². The second-order valence-electron chi connectivity index (χ2n) is 4.52. The Morgan fingerprint density at radius 2 is 2.00 bits per heavy atom. The summed E-state index contributed by atoms with van der Waals surface area (Å²) < 4.78 is 5.09. The first kappa shape index (κ1) is 13.3. The van der Waals surface area contributed by atoms with Gasteiger partial charge in [0.05, 0.1) is 0 Å². The number of ether oxygens (including phenoxy) is 1. The zero-order valence-corrected chi connectivity index (χ0v) is 11.3. The Bertz CT molecular complexity index is 627. The van der Waals surface area contributed by atoms with E-state index in [9.17, 15) is 9.59 Å². The molecule has 1 aromatic carbocycles. The zero-order valence-electron chi connectivity index (χ0n) is 11.3. The van der Waals surface area contributed by atoms with Crippen molar-refractivity contribution in [1.82, 2.24) is 4.98 Å². The summed E-state index contributed by atoms with van der Waals surface area (Å²) in [4.78, 5) is 26.8. The van der Waals surface area contributed by atoms with Gasteiger partial charge in [-0.1, -0.05) is 25.1 Å². The molecule has 4 nitrogen and oxygen atoms in total. The number of carbonyl (C=O) groups is 2. The van der Waals surface area contributed by atoms with Gasteiger partial charge in [0, 0.05) is 28.6 Å². The fraction of sp³-hybridized carbons (Fsp3) is 0.333. The van der Waals surface area contributed by atoms with Crippen LogP contribution in [-0.4, -0.2) is 22.8 Å². The van der Waals surface area contributed by atoms with Crippen molar-refractivity contribution >= 4 is 22.7 Å². The molecule has 1 aromatic heterocycles. The first-order chi connectivity index (χ1) is 9.04. The van der Waals surface area contributed by atoms with Gasteiger partial charge < -0.3 is 9.72 Å². The average molecular weight is 259 g/mol. The minimum atomic E-state index is -0.759. The molecule has 19 heavy (non-hydrogen) atoms. The number of aryl methyl sites for hydroxylation is 1. The Kier molecular flexibility index (Phi) is 3.69. The third-order valence-corrected chi connectivity index (χ3v) is 3.11. The standard InChI is InChI=1S/C15H17NO3/c1-4-13(17)19-10(3)15(18)14-9(2)16-12-8-6-5-7-11(12)14/h5-8,10,16H,4H2,1-3H3/t10-/m0/s1. The molecule has 1 atom stereocenters. The Morgan fingerprint density at radius 1 is 1.32 bits per heavy atom. The lowest BCUT2D eigenvalue weighted by Crippen LogP contribution is -2.24. The molecular formula is C15H17NO3. The van der Waals surface area contributed by atoms with Gasteiger partial charge in [-0.2, -0.15) is 0 Å². The zero-order chi connectivity index (χ0) is 14.0. The number of Topliss-reactive ketones (excluding diaryl/α,β-unsaturated/α-hetero) is 1. The molecule has 0 unspecified atom stereocenters. The normalized spacial score (nSPS) is 12.4. The van der Waals surface area contributed by atoms with Crippen LogP contribution < -0.4 is 0 Å². The highest BCUT2D eigenvalue weighted by molar-refractivity contribution is 6.11. The molecule has 2 aromatic rings. The molecule has 0 fully saturated rings. The summed E-state index contributed by atoms with van der Waals surface area (Å²) in [7, 11) is 0. The maximum atomic E-state index is 12.4. The Balaban J connectivity index is 2.36. The monoisotopic (exact) mass is 259 g/mol. The molecule has 2 rings (SSSR count). The van der Waals surface area contributed by atoms with Gasteiger partial charge in [-0.25, -0.2) is 0 Å². The van der Waals surface area contributed by atoms with Crippen LogP contribution in [0, 0.1) is 6.92 Å². The molecule has 1 heterocycles. The number of rotatable bonds is 4. The Labute approximate surface area is 111 Å². The third kappa shape index (κ3) is 2.52. The first-order valence-corrected chi connectivity index (χ1v) is 6.35. The highest BCUT2D eigenvalue weighted by Gasteiger charge is 2.23. The third-order valence-electron chi connectivity index (χ3n) is 3.11. The van der Waals surface area contributed by atoms with Gasteiger partial charge >= 0.3 is 5.97 Å². The second kappa shape index (κ2) is 5.26. The van der Waals surface area contributed by atoms with Crippen LogP contribution >= 0.6 is 0 Å². The summed E-state index contributed by atoms with van der Waals surface area (Å²) in [5.41, 5.74) is 2.31. The fourth-order valence-electron chi connectivity index (χ4n) is 2.13. The fourth-order valence-corrected chi connectivity index (χ4v) is 2.13. The average Bonchev–Trinajstić information content (AvgIpc) is 2.73. The van der Waals surface area contributed by atoms with Gasteiger partial charge in [-0.15, -0.1) is 0 Å². The lowest BCUT2D eigenvalue weighted by Gasteiger charge is -2.11. The van der Waals surface area contributed by atoms with Gasteiger partial charge in [0.1, 0.15) is 0 Å². The van der Waals surface area contributed by atoms with E-state index in [1.54, 1.807) is 13.8 Å². The molecule has 0 spiro atoms. The maximum Gasteiger partial charge on any atom is 0.306 e. The maximum absolute atomic E-state index is 12.4. The molecular weight excluding hydrogens is 242 g/mol. The van der Waals surface area contributed by atoms with Crippen molar-refractivity contribution in [2.45, 2.75) is 33.3 Å². The van der Waals surface area contributed by atoms with Gasteiger partial charge in [0.15, 0.2) is 6.10 Å². The number of benzene rings is 1. The highest BCUT2D eigenvalue weighted by atomic mass is 16.5. The molecule has 100 valence electrons. The Hall–Kier alpha value is -2.10. The van der Waals surface area contributed by atoms with Crippen LogP contribution in [0.15, 0.2) is 24.3 Å². The summed E-state index contributed by atoms with van der Waals surface area (Å²) >= 11 is 0. The molecule has 1 N–H and O–H groups in total. The minimum absolute atomic E-state index is 0.170. The van der Waals surface area contributed by atoms with E-state index in [1.165, 1.54) is 0 Å². The van der Waals surface area contributed by atoms with E-state index in [0.717, 1.165) is 16.6 Å². The van der Waals surface area contributed by atoms with E-state index in [0.29, 0.717) is 5.56 Å². The predicted octanol–water partition coefficient (Wildman–Crippen LogP) is 3.00. The molecule has 0 saturated heterocycles. The molecule has 0 saturated carbocycles. The molecule has 0 bridgehead atoms. The van der Waals surface area contributed by atoms with Crippen LogP contribution in [0.1, 0.15) is 36.3 Å². The highest BCUT2D eigenvalue weighted by Crippen LogP contribution is 2.23. The van der Waals surface area contributed by atoms with E-state index in [4.69, 9.17) is 4.74 Å². The molecule has 0 amide bonds. The van der Waals surface area contributed by atoms with Crippen molar-refractivity contribution < 1.29 is 14.3 Å². The summed E-state index contributed by atoms with van der Waals surface area (Å²) in [6.07, 6.45) is -0.491. The number of hydrogen-bond acceptors (Lipinski definition) is 3. The largest absolute Gasteiger partial charge is 0.454 e. The van der Waals surface area contributed by atoms with E-state index in [1.807, 2.05) is 31.2 Å². The summed E-state index contributed by atoms with van der Waals surface area (Å²) in [5.74, 6) is -0.532. The van der Waals surface area contributed by atoms with Crippen LogP contribution in [0.5, 0.6) is 0 Å². The van der Waals surface area contributed by atoms with Crippen molar-refractivity contribution in [3.63, 3.8) is 0 Å². The van der Waals surface area contributed by atoms with Crippen molar-refractivity contribution in [3.8, 4) is 0 Å². The van der Waals surface area contributed by atoms with Gasteiger partial charge in [0.2, 0.25) is 5.78 Å². The minimum Gasteiger partial charge on any atom is -0.454 e. The van der Waals surface area contributed by atoms with Gasteiger partial charge in [-0.3, -0.25) is 9.59 Å². The lowest BCUT2D eigenvalue weighted by molar-refractivity contribution is -0.145. The SMILES string of the molecule is CCC(=O)O[C@@H](C)C(=O)c1c(C)[nH]c2ccccc12. The van der Waals surface area contributed by atoms with Crippen molar-refractivity contribution in [2.24, 2.45) is 0 Å². The number of para-hydroxylation sites is 1. The molecule has 0 radical (unpaired) electrons. The molecule has 4 heteroatoms. The number of carbonyl (C=O) groups excluding carboxylic acids is 2. The van der Waals surface area contributed by atoms with Gasteiger partial charge in [0.25, 0.3) is 0 Å². The van der Waals surface area contributed by atoms with Crippen molar-refractivity contribution in [1.29, 1.82) is 0 Å². The first-order valence-electron chi connectivity index (χ1n) is 6.35. The molecule has 0 aliphatic carbocycles. The van der Waals surface area contributed by atoms with Crippen LogP contribution in [0.4, 0.5) is 0 Å². The molecule has 0 aliphatic heterocycles.